The van der Waals surface area contributed by atoms with E-state index < -0.39 is 5.66 Å². The van der Waals surface area contributed by atoms with Gasteiger partial charge in [-0.05, 0) is 55.9 Å². The molecule has 3 N–H and O–H groups in total. The first-order chi connectivity index (χ1) is 12.5. The van der Waals surface area contributed by atoms with Crippen molar-refractivity contribution in [2.45, 2.75) is 56.7 Å². The van der Waals surface area contributed by atoms with Gasteiger partial charge in [-0.3, -0.25) is 4.79 Å². The maximum atomic E-state index is 13.1. The van der Waals surface area contributed by atoms with Gasteiger partial charge in [0.25, 0.3) is 5.91 Å². The lowest BCUT2D eigenvalue weighted by Gasteiger charge is -2.29. The number of carbonyl (C=O) groups is 1. The van der Waals surface area contributed by atoms with Gasteiger partial charge in [-0.15, -0.1) is 5.10 Å². The minimum Gasteiger partial charge on any atom is -0.343 e. The van der Waals surface area contributed by atoms with E-state index in [-0.39, 0.29) is 17.8 Å². The van der Waals surface area contributed by atoms with Crippen LogP contribution in [0.25, 0.3) is 0 Å². The van der Waals surface area contributed by atoms with Gasteiger partial charge >= 0.3 is 0 Å². The van der Waals surface area contributed by atoms with Crippen LogP contribution in [-0.4, -0.2) is 20.9 Å². The van der Waals surface area contributed by atoms with E-state index in [1.54, 1.807) is 4.68 Å². The molecule has 2 aliphatic carbocycles. The molecule has 4 rings (SSSR count). The molecule has 138 valence electrons. The Bertz CT molecular complexity index is 777. The molecule has 1 heterocycles. The summed E-state index contributed by atoms with van der Waals surface area (Å²) in [5.41, 5.74) is 6.99. The quantitative estimate of drug-likeness (QED) is 0.861. The molecular formula is C19H24FN5O. The Balaban J connectivity index is 1.57. The fourth-order valence-electron chi connectivity index (χ4n) is 3.72. The SMILES string of the molecule is NC1(n2cc([C@@H](NC(=O)c3ccc(F)cc3)C3CCCCC3)nn2)CC1. The molecule has 26 heavy (non-hydrogen) atoms. The van der Waals surface area contributed by atoms with Gasteiger partial charge in [-0.1, -0.05) is 24.5 Å². The smallest absolute Gasteiger partial charge is 0.251 e. The lowest BCUT2D eigenvalue weighted by atomic mass is 9.82. The van der Waals surface area contributed by atoms with Crippen LogP contribution in [-0.2, 0) is 5.66 Å². The summed E-state index contributed by atoms with van der Waals surface area (Å²) in [6.45, 7) is 0. The fraction of sp³-hybridized carbons (Fsp3) is 0.526. The largest absolute Gasteiger partial charge is 0.343 e. The van der Waals surface area contributed by atoms with E-state index in [0.717, 1.165) is 44.2 Å². The third kappa shape index (κ3) is 3.49. The van der Waals surface area contributed by atoms with Crippen molar-refractivity contribution in [1.29, 1.82) is 0 Å². The van der Waals surface area contributed by atoms with Crippen LogP contribution < -0.4 is 11.1 Å². The van der Waals surface area contributed by atoms with Crippen molar-refractivity contribution in [2.75, 3.05) is 0 Å². The molecule has 2 aliphatic rings. The number of amides is 1. The predicted octanol–water partition coefficient (Wildman–Crippen LogP) is 2.87. The Morgan fingerprint density at radius 1 is 1.23 bits per heavy atom. The van der Waals surface area contributed by atoms with Gasteiger partial charge in [0.1, 0.15) is 17.2 Å². The average Bonchev–Trinajstić information content (AvgIpc) is 3.21. The van der Waals surface area contributed by atoms with E-state index in [1.165, 1.54) is 30.7 Å². The first-order valence-electron chi connectivity index (χ1n) is 9.33. The number of nitrogens with zero attached hydrogens (tertiary/aromatic N) is 3. The number of hydrogen-bond acceptors (Lipinski definition) is 4. The standard InChI is InChI=1S/C19H24FN5O/c20-15-8-6-14(7-9-15)18(26)22-17(13-4-2-1-3-5-13)16-12-25(24-23-16)19(21)10-11-19/h6-9,12-13,17H,1-5,10-11,21H2,(H,22,26)/t17-/m0/s1. The Hall–Kier alpha value is -2.28. The third-order valence-electron chi connectivity index (χ3n) is 5.56. The predicted molar refractivity (Wildman–Crippen MR) is 94.6 cm³/mol. The van der Waals surface area contributed by atoms with E-state index >= 15 is 0 Å². The van der Waals surface area contributed by atoms with Crippen LogP contribution >= 0.6 is 0 Å². The molecule has 0 unspecified atom stereocenters. The van der Waals surface area contributed by atoms with Crippen LogP contribution in [0.5, 0.6) is 0 Å². The lowest BCUT2D eigenvalue weighted by molar-refractivity contribution is 0.0911. The topological polar surface area (TPSA) is 85.8 Å². The molecule has 2 fully saturated rings. The second-order valence-corrected chi connectivity index (χ2v) is 7.55. The molecule has 1 aromatic carbocycles. The minimum absolute atomic E-state index is 0.205. The lowest BCUT2D eigenvalue weighted by Crippen LogP contribution is -2.35. The molecule has 2 saturated carbocycles. The highest BCUT2D eigenvalue weighted by atomic mass is 19.1. The second-order valence-electron chi connectivity index (χ2n) is 7.55. The van der Waals surface area contributed by atoms with Crippen LogP contribution in [0.15, 0.2) is 30.5 Å². The second kappa shape index (κ2) is 6.79. The summed E-state index contributed by atoms with van der Waals surface area (Å²) in [4.78, 5) is 12.7. The number of rotatable bonds is 5. The minimum atomic E-state index is -0.413. The molecule has 0 aliphatic heterocycles. The van der Waals surface area contributed by atoms with Crippen molar-refractivity contribution in [3.63, 3.8) is 0 Å². The maximum absolute atomic E-state index is 13.1. The molecule has 7 heteroatoms. The third-order valence-corrected chi connectivity index (χ3v) is 5.56. The van der Waals surface area contributed by atoms with Crippen molar-refractivity contribution in [1.82, 2.24) is 20.3 Å². The summed E-state index contributed by atoms with van der Waals surface area (Å²) in [5, 5.41) is 11.6. The summed E-state index contributed by atoms with van der Waals surface area (Å²) in [5.74, 6) is -0.249. The van der Waals surface area contributed by atoms with Gasteiger partial charge in [0, 0.05) is 5.56 Å². The number of hydrogen-bond donors (Lipinski definition) is 2. The van der Waals surface area contributed by atoms with Crippen molar-refractivity contribution < 1.29 is 9.18 Å². The Kier molecular flexibility index (Phi) is 4.48. The summed E-state index contributed by atoms with van der Waals surface area (Å²) < 4.78 is 14.8. The Morgan fingerprint density at radius 3 is 2.58 bits per heavy atom. The van der Waals surface area contributed by atoms with Crippen LogP contribution in [0.4, 0.5) is 4.39 Å². The van der Waals surface area contributed by atoms with Gasteiger partial charge < -0.3 is 11.1 Å². The maximum Gasteiger partial charge on any atom is 0.251 e. The molecule has 2 aromatic rings. The summed E-state index contributed by atoms with van der Waals surface area (Å²) in [6.07, 6.45) is 9.30. The first kappa shape index (κ1) is 17.1. The van der Waals surface area contributed by atoms with Gasteiger partial charge in [0.15, 0.2) is 0 Å². The van der Waals surface area contributed by atoms with Crippen LogP contribution in [0.3, 0.4) is 0 Å². The molecule has 0 spiro atoms. The molecule has 1 atom stereocenters. The van der Waals surface area contributed by atoms with Crippen molar-refractivity contribution in [2.24, 2.45) is 11.7 Å². The summed E-state index contributed by atoms with van der Waals surface area (Å²) in [7, 11) is 0. The highest BCUT2D eigenvalue weighted by Gasteiger charge is 2.42. The number of nitrogens with two attached hydrogens (primary N) is 1. The van der Waals surface area contributed by atoms with Gasteiger partial charge in [0.05, 0.1) is 12.2 Å². The fourth-order valence-corrected chi connectivity index (χ4v) is 3.72. The van der Waals surface area contributed by atoms with Crippen LogP contribution in [0.1, 0.15) is 67.0 Å². The Morgan fingerprint density at radius 2 is 1.92 bits per heavy atom. The molecule has 6 nitrogen and oxygen atoms in total. The van der Waals surface area contributed by atoms with Gasteiger partial charge in [-0.25, -0.2) is 9.07 Å². The van der Waals surface area contributed by atoms with E-state index in [1.807, 2.05) is 6.20 Å². The molecule has 1 amide bonds. The number of aromatic nitrogens is 3. The summed E-state index contributed by atoms with van der Waals surface area (Å²) in [6, 6.07) is 5.39. The van der Waals surface area contributed by atoms with Crippen LogP contribution in [0.2, 0.25) is 0 Å². The Labute approximate surface area is 152 Å². The average molecular weight is 357 g/mol. The zero-order valence-electron chi connectivity index (χ0n) is 14.7. The zero-order valence-corrected chi connectivity index (χ0v) is 14.7. The highest BCUT2D eigenvalue weighted by molar-refractivity contribution is 5.94. The number of benzene rings is 1. The molecule has 1 aromatic heterocycles. The number of nitrogens with one attached hydrogen (secondary N) is 1. The summed E-state index contributed by atoms with van der Waals surface area (Å²) >= 11 is 0. The zero-order chi connectivity index (χ0) is 18.1. The van der Waals surface area contributed by atoms with Crippen molar-refractivity contribution in [3.05, 3.63) is 47.5 Å². The molecular weight excluding hydrogens is 333 g/mol. The van der Waals surface area contributed by atoms with Crippen LogP contribution in [0, 0.1) is 11.7 Å². The van der Waals surface area contributed by atoms with Gasteiger partial charge in [0.2, 0.25) is 0 Å². The number of halogens is 1. The van der Waals surface area contributed by atoms with E-state index in [2.05, 4.69) is 15.6 Å². The highest BCUT2D eigenvalue weighted by Crippen LogP contribution is 2.38. The molecule has 0 radical (unpaired) electrons. The normalized spacial score (nSPS) is 20.5. The van der Waals surface area contributed by atoms with Crippen molar-refractivity contribution in [3.8, 4) is 0 Å². The molecule has 0 bridgehead atoms. The monoisotopic (exact) mass is 357 g/mol. The van der Waals surface area contributed by atoms with Gasteiger partial charge in [-0.2, -0.15) is 0 Å². The number of carbonyl (C=O) groups excluding carboxylic acids is 1. The first-order valence-corrected chi connectivity index (χ1v) is 9.33. The van der Waals surface area contributed by atoms with E-state index in [0.29, 0.717) is 11.5 Å². The van der Waals surface area contributed by atoms with Crippen molar-refractivity contribution >= 4 is 5.91 Å². The van der Waals surface area contributed by atoms with E-state index in [9.17, 15) is 9.18 Å². The molecule has 0 saturated heterocycles. The van der Waals surface area contributed by atoms with E-state index in [4.69, 9.17) is 5.73 Å².